The molecule has 1 rings (SSSR count). The summed E-state index contributed by atoms with van der Waals surface area (Å²) in [5, 5.41) is 21.6. The van der Waals surface area contributed by atoms with Crippen LogP contribution >= 0.6 is 0 Å². The van der Waals surface area contributed by atoms with Gasteiger partial charge in [0.25, 0.3) is 0 Å². The van der Waals surface area contributed by atoms with Gasteiger partial charge in [0.15, 0.2) is 11.5 Å². The molecule has 0 aliphatic rings. The molecule has 0 spiro atoms. The van der Waals surface area contributed by atoms with Crippen LogP contribution in [0.25, 0.3) is 0 Å². The van der Waals surface area contributed by atoms with Gasteiger partial charge >= 0.3 is 0 Å². The summed E-state index contributed by atoms with van der Waals surface area (Å²) in [6.07, 6.45) is 3.60. The highest BCUT2D eigenvalue weighted by Gasteiger charge is 2.03. The SMILES string of the molecule is [2H]/C(CCCCC)=C(\[2H])C/C([2H])=C(/[2H])C/C([2H])=C(/[2H])C/C([2H])=C(/[2H])CCCC(=O)NCCc1ccc(O)c(O)c1. The van der Waals surface area contributed by atoms with Crippen LogP contribution in [0.15, 0.2) is 66.6 Å². The van der Waals surface area contributed by atoms with Crippen LogP contribution in [0, 0.1) is 0 Å². The summed E-state index contributed by atoms with van der Waals surface area (Å²) in [6.45, 7) is 2.38. The monoisotopic (exact) mass is 447 g/mol. The molecule has 0 atom stereocenters. The molecule has 1 amide bonds. The minimum Gasteiger partial charge on any atom is -0.504 e. The Kier molecular flexibility index (Phi) is 9.98. The second-order valence-corrected chi connectivity index (χ2v) is 7.18. The Bertz CT molecular complexity index is 1130. The molecule has 176 valence electrons. The number of unbranched alkanes of at least 4 members (excludes halogenated alkanes) is 2. The van der Waals surface area contributed by atoms with Crippen LogP contribution in [0.3, 0.4) is 0 Å². The zero-order valence-corrected chi connectivity index (χ0v) is 19.0. The van der Waals surface area contributed by atoms with E-state index in [9.17, 15) is 15.0 Å². The lowest BCUT2D eigenvalue weighted by Gasteiger charge is -2.06. The number of phenolic OH excluding ortho intramolecular Hbond substituents is 2. The number of amides is 1. The highest BCUT2D eigenvalue weighted by molar-refractivity contribution is 5.75. The van der Waals surface area contributed by atoms with Crippen molar-refractivity contribution in [2.24, 2.45) is 0 Å². The van der Waals surface area contributed by atoms with Gasteiger partial charge in [-0.15, -0.1) is 0 Å². The Balaban J connectivity index is 2.54. The predicted molar refractivity (Wildman–Crippen MR) is 135 cm³/mol. The van der Waals surface area contributed by atoms with Crippen LogP contribution in [0.2, 0.25) is 0 Å². The molecular weight excluding hydrogens is 398 g/mol. The zero-order valence-electron chi connectivity index (χ0n) is 27.0. The molecule has 0 unspecified atom stereocenters. The number of carbonyl (C=O) groups excluding carboxylic acids is 1. The van der Waals surface area contributed by atoms with Gasteiger partial charge in [-0.2, -0.15) is 0 Å². The highest BCUT2D eigenvalue weighted by atomic mass is 16.3. The second-order valence-electron chi connectivity index (χ2n) is 7.18. The molecule has 0 saturated carbocycles. The van der Waals surface area contributed by atoms with Crippen LogP contribution in [-0.2, 0) is 11.2 Å². The Morgan fingerprint density at radius 2 is 1.47 bits per heavy atom. The third-order valence-electron chi connectivity index (χ3n) is 4.42. The third-order valence-corrected chi connectivity index (χ3v) is 4.42. The largest absolute Gasteiger partial charge is 0.504 e. The van der Waals surface area contributed by atoms with Gasteiger partial charge < -0.3 is 15.5 Å². The number of aromatic hydroxyl groups is 2. The third kappa shape index (κ3) is 15.1. The summed E-state index contributed by atoms with van der Waals surface area (Å²) in [4.78, 5) is 12.0. The molecule has 0 aromatic heterocycles. The van der Waals surface area contributed by atoms with Gasteiger partial charge in [0.2, 0.25) is 5.91 Å². The van der Waals surface area contributed by atoms with Gasteiger partial charge in [-0.3, -0.25) is 4.79 Å². The number of nitrogens with one attached hydrogen (secondary N) is 1. The first-order valence-corrected chi connectivity index (χ1v) is 11.2. The van der Waals surface area contributed by atoms with Crippen LogP contribution in [-0.4, -0.2) is 22.7 Å². The van der Waals surface area contributed by atoms with Gasteiger partial charge in [-0.25, -0.2) is 0 Å². The van der Waals surface area contributed by atoms with E-state index in [-0.39, 0.29) is 97.9 Å². The zero-order chi connectivity index (χ0) is 30.2. The lowest BCUT2D eigenvalue weighted by atomic mass is 10.1. The Hall–Kier alpha value is -2.75. The minimum atomic E-state index is -0.293. The van der Waals surface area contributed by atoms with Gasteiger partial charge in [0.05, 0.1) is 11.0 Å². The molecule has 0 aliphatic carbocycles. The predicted octanol–water partition coefficient (Wildman–Crippen LogP) is 6.90. The van der Waals surface area contributed by atoms with Crippen molar-refractivity contribution in [3.8, 4) is 11.5 Å². The van der Waals surface area contributed by atoms with Crippen LogP contribution in [0.5, 0.6) is 11.5 Å². The van der Waals surface area contributed by atoms with Crippen molar-refractivity contribution < 1.29 is 26.0 Å². The van der Waals surface area contributed by atoms with E-state index in [1.165, 1.54) is 12.1 Å². The molecule has 4 heteroatoms. The number of hydrogen-bond acceptors (Lipinski definition) is 3. The molecule has 32 heavy (non-hydrogen) atoms. The summed E-state index contributed by atoms with van der Waals surface area (Å²) in [5.74, 6) is -0.656. The molecule has 0 aliphatic heterocycles. The van der Waals surface area contributed by atoms with Crippen LogP contribution in [0.4, 0.5) is 0 Å². The Morgan fingerprint density at radius 1 is 0.875 bits per heavy atom. The molecule has 1 aromatic rings. The van der Waals surface area contributed by atoms with Crippen LogP contribution < -0.4 is 5.32 Å². The molecular formula is C28H41NO3. The smallest absolute Gasteiger partial charge is 0.220 e. The average molecular weight is 448 g/mol. The van der Waals surface area contributed by atoms with Crippen LogP contribution in [0.1, 0.15) is 87.7 Å². The van der Waals surface area contributed by atoms with Crippen molar-refractivity contribution >= 4 is 5.91 Å². The number of rotatable bonds is 17. The van der Waals surface area contributed by atoms with Crippen molar-refractivity contribution in [2.45, 2.75) is 77.6 Å². The van der Waals surface area contributed by atoms with Crippen molar-refractivity contribution in [2.75, 3.05) is 6.54 Å². The topological polar surface area (TPSA) is 69.6 Å². The standard InChI is InChI=1S/C28H41NO3/c1-2-3-4-5-6-7-8-9-10-11-12-13-14-15-16-17-18-19-28(32)29-23-22-25-20-21-26(30)27(31)24-25/h6-7,9-10,12-13,15-16,20-21,24,30-31H,2-5,8,11,14,17-19,22-23H2,1H3,(H,29,32)/b7-6-,10-9-,13-12-,16-15-/i6D,7D,9D,10D,12D,13D,15D,16D. The van der Waals surface area contributed by atoms with Crippen molar-refractivity contribution in [3.63, 3.8) is 0 Å². The summed E-state index contributed by atoms with van der Waals surface area (Å²) >= 11 is 0. The molecule has 0 bridgehead atoms. The number of hydrogen-bond donors (Lipinski definition) is 3. The van der Waals surface area contributed by atoms with E-state index >= 15 is 0 Å². The lowest BCUT2D eigenvalue weighted by Crippen LogP contribution is -2.25. The maximum atomic E-state index is 12.0. The maximum Gasteiger partial charge on any atom is 0.220 e. The molecule has 1 aromatic carbocycles. The van der Waals surface area contributed by atoms with Gasteiger partial charge in [0, 0.05) is 13.0 Å². The number of phenols is 2. The molecule has 0 fully saturated rings. The fourth-order valence-corrected chi connectivity index (χ4v) is 2.64. The van der Waals surface area contributed by atoms with E-state index in [1.54, 1.807) is 6.07 Å². The van der Waals surface area contributed by atoms with E-state index in [0.29, 0.717) is 25.8 Å². The molecule has 0 radical (unpaired) electrons. The summed E-state index contributed by atoms with van der Waals surface area (Å²) in [6, 6.07) is 3.53. The van der Waals surface area contributed by atoms with E-state index in [0.717, 1.165) is 24.8 Å². The van der Waals surface area contributed by atoms with E-state index in [4.69, 9.17) is 11.0 Å². The van der Waals surface area contributed by atoms with Gasteiger partial charge in [-0.1, -0.05) is 74.2 Å². The normalized spacial score (nSPS) is 18.0. The summed E-state index contributed by atoms with van der Waals surface area (Å²) in [7, 11) is 0. The lowest BCUT2D eigenvalue weighted by molar-refractivity contribution is -0.121. The first kappa shape index (κ1) is 16.8. The Morgan fingerprint density at radius 3 is 2.06 bits per heavy atom. The van der Waals surface area contributed by atoms with E-state index < -0.39 is 0 Å². The quantitative estimate of drug-likeness (QED) is 0.138. The number of benzene rings is 1. The minimum absolute atomic E-state index is 0.0194. The molecule has 4 nitrogen and oxygen atoms in total. The molecule has 0 saturated heterocycles. The fourth-order valence-electron chi connectivity index (χ4n) is 2.64. The average Bonchev–Trinajstić information content (AvgIpc) is 2.90. The molecule has 0 heterocycles. The van der Waals surface area contributed by atoms with E-state index in [2.05, 4.69) is 5.32 Å². The van der Waals surface area contributed by atoms with E-state index in [1.807, 2.05) is 6.92 Å². The first-order chi connectivity index (χ1) is 18.8. The second kappa shape index (κ2) is 19.0. The van der Waals surface area contributed by atoms with Crippen molar-refractivity contribution in [1.29, 1.82) is 0 Å². The summed E-state index contributed by atoms with van der Waals surface area (Å²) in [5.41, 5.74) is 0.753. The maximum absolute atomic E-state index is 12.0. The van der Waals surface area contributed by atoms with Gasteiger partial charge in [-0.05, 0) is 69.1 Å². The van der Waals surface area contributed by atoms with Crippen molar-refractivity contribution in [1.82, 2.24) is 5.32 Å². The van der Waals surface area contributed by atoms with Crippen molar-refractivity contribution in [3.05, 3.63) is 72.2 Å². The number of allylic oxidation sites excluding steroid dienone is 8. The highest BCUT2D eigenvalue weighted by Crippen LogP contribution is 2.24. The Labute approximate surface area is 205 Å². The molecule has 3 N–H and O–H groups in total. The summed E-state index contributed by atoms with van der Waals surface area (Å²) < 4.78 is 64.3. The first-order valence-electron chi connectivity index (χ1n) is 15.2. The number of carbonyl (C=O) groups is 1. The van der Waals surface area contributed by atoms with Gasteiger partial charge in [0.1, 0.15) is 0 Å². The fraction of sp³-hybridized carbons (Fsp3) is 0.464.